The summed E-state index contributed by atoms with van der Waals surface area (Å²) in [4.78, 5) is 47.9. The standard InChI is InChI=1S/C18H23NO7/c1-9-6-10(2)8-12(7-9)15(20)19-14(16(21)22)11(3)13(17(23)25-4)18(24)26-5/h6-8,11,13-14H,1-5H3,(H,19,20)(H,21,22)/t11-,14-/m0/s1. The van der Waals surface area contributed by atoms with Crippen LogP contribution >= 0.6 is 0 Å². The first-order valence-corrected chi connectivity index (χ1v) is 7.90. The molecule has 2 atom stereocenters. The second kappa shape index (κ2) is 8.98. The van der Waals surface area contributed by atoms with Gasteiger partial charge in [-0.3, -0.25) is 14.4 Å². The summed E-state index contributed by atoms with van der Waals surface area (Å²) in [5, 5.41) is 11.9. The van der Waals surface area contributed by atoms with Crippen molar-refractivity contribution >= 4 is 23.8 Å². The molecule has 0 fully saturated rings. The maximum atomic E-state index is 12.5. The highest BCUT2D eigenvalue weighted by Gasteiger charge is 2.42. The first-order valence-electron chi connectivity index (χ1n) is 7.90. The van der Waals surface area contributed by atoms with Gasteiger partial charge in [0.25, 0.3) is 5.91 Å². The van der Waals surface area contributed by atoms with Gasteiger partial charge >= 0.3 is 17.9 Å². The molecule has 26 heavy (non-hydrogen) atoms. The molecule has 1 aromatic carbocycles. The number of carboxylic acids is 1. The Morgan fingerprint density at radius 1 is 0.962 bits per heavy atom. The third kappa shape index (κ3) is 5.05. The Labute approximate surface area is 151 Å². The molecule has 0 unspecified atom stereocenters. The van der Waals surface area contributed by atoms with Crippen molar-refractivity contribution in [2.24, 2.45) is 11.8 Å². The minimum Gasteiger partial charge on any atom is -0.480 e. The monoisotopic (exact) mass is 365 g/mol. The molecule has 1 aromatic rings. The van der Waals surface area contributed by atoms with E-state index in [-0.39, 0.29) is 5.56 Å². The summed E-state index contributed by atoms with van der Waals surface area (Å²) in [6, 6.07) is 3.61. The number of esters is 2. The maximum Gasteiger partial charge on any atom is 0.326 e. The Hall–Kier alpha value is -2.90. The van der Waals surface area contributed by atoms with E-state index in [1.54, 1.807) is 12.1 Å². The Morgan fingerprint density at radius 2 is 1.42 bits per heavy atom. The highest BCUT2D eigenvalue weighted by Crippen LogP contribution is 2.20. The lowest BCUT2D eigenvalue weighted by atomic mass is 9.87. The molecular formula is C18H23NO7. The van der Waals surface area contributed by atoms with Crippen LogP contribution in [0.15, 0.2) is 18.2 Å². The Morgan fingerprint density at radius 3 is 1.81 bits per heavy atom. The van der Waals surface area contributed by atoms with Gasteiger partial charge in [-0.25, -0.2) is 4.79 Å². The second-order valence-corrected chi connectivity index (χ2v) is 6.05. The predicted octanol–water partition coefficient (Wildman–Crippen LogP) is 1.08. The van der Waals surface area contributed by atoms with Crippen molar-refractivity contribution in [1.29, 1.82) is 0 Å². The van der Waals surface area contributed by atoms with E-state index >= 15 is 0 Å². The SMILES string of the molecule is COC(=O)C(C(=O)OC)[C@H](C)[C@H](NC(=O)c1cc(C)cc(C)c1)C(=O)O. The molecule has 8 heteroatoms. The number of ether oxygens (including phenoxy) is 2. The smallest absolute Gasteiger partial charge is 0.326 e. The maximum absolute atomic E-state index is 12.5. The Balaban J connectivity index is 3.13. The van der Waals surface area contributed by atoms with E-state index in [1.165, 1.54) is 6.92 Å². The van der Waals surface area contributed by atoms with Crippen molar-refractivity contribution < 1.29 is 33.8 Å². The first kappa shape index (κ1) is 21.1. The van der Waals surface area contributed by atoms with Gasteiger partial charge in [0.05, 0.1) is 14.2 Å². The quantitative estimate of drug-likeness (QED) is 0.548. The molecule has 0 aliphatic rings. The summed E-state index contributed by atoms with van der Waals surface area (Å²) in [6.45, 7) is 4.98. The number of aliphatic carboxylic acids is 1. The van der Waals surface area contributed by atoms with E-state index < -0.39 is 41.7 Å². The van der Waals surface area contributed by atoms with Gasteiger partial charge in [-0.1, -0.05) is 24.1 Å². The van der Waals surface area contributed by atoms with Crippen LogP contribution in [0.1, 0.15) is 28.4 Å². The summed E-state index contributed by atoms with van der Waals surface area (Å²) < 4.78 is 9.12. The van der Waals surface area contributed by atoms with Crippen molar-refractivity contribution in [3.63, 3.8) is 0 Å². The Bertz CT molecular complexity index is 677. The number of rotatable bonds is 7. The molecule has 0 saturated heterocycles. The number of carboxylic acid groups (broad SMARTS) is 1. The van der Waals surface area contributed by atoms with Gasteiger partial charge in [0.15, 0.2) is 5.92 Å². The molecule has 0 heterocycles. The Kier molecular flexibility index (Phi) is 7.30. The van der Waals surface area contributed by atoms with Crippen LogP contribution in [-0.4, -0.2) is 49.2 Å². The number of amides is 1. The molecule has 0 aliphatic carbocycles. The van der Waals surface area contributed by atoms with Crippen molar-refractivity contribution in [2.45, 2.75) is 26.8 Å². The topological polar surface area (TPSA) is 119 Å². The van der Waals surface area contributed by atoms with Crippen molar-refractivity contribution in [2.75, 3.05) is 14.2 Å². The fourth-order valence-electron chi connectivity index (χ4n) is 2.72. The lowest BCUT2D eigenvalue weighted by molar-refractivity contribution is -0.162. The molecule has 0 aliphatic heterocycles. The number of hydrogen-bond donors (Lipinski definition) is 2. The van der Waals surface area contributed by atoms with Gasteiger partial charge in [0, 0.05) is 11.5 Å². The zero-order chi connectivity index (χ0) is 20.0. The minimum atomic E-state index is -1.49. The van der Waals surface area contributed by atoms with Crippen LogP contribution in [0.25, 0.3) is 0 Å². The molecule has 142 valence electrons. The van der Waals surface area contributed by atoms with Crippen LogP contribution < -0.4 is 5.32 Å². The van der Waals surface area contributed by atoms with Crippen LogP contribution in [0, 0.1) is 25.7 Å². The van der Waals surface area contributed by atoms with E-state index in [0.717, 1.165) is 25.3 Å². The molecule has 0 saturated carbocycles. The van der Waals surface area contributed by atoms with Crippen molar-refractivity contribution in [3.05, 3.63) is 34.9 Å². The summed E-state index contributed by atoms with van der Waals surface area (Å²) in [6.07, 6.45) is 0. The average Bonchev–Trinajstić information content (AvgIpc) is 2.57. The third-order valence-electron chi connectivity index (χ3n) is 4.00. The summed E-state index contributed by atoms with van der Waals surface area (Å²) >= 11 is 0. The lowest BCUT2D eigenvalue weighted by Gasteiger charge is -2.26. The average molecular weight is 365 g/mol. The number of aryl methyl sites for hydroxylation is 2. The number of nitrogens with one attached hydrogen (secondary N) is 1. The van der Waals surface area contributed by atoms with E-state index in [0.29, 0.717) is 0 Å². The van der Waals surface area contributed by atoms with E-state index in [2.05, 4.69) is 14.8 Å². The van der Waals surface area contributed by atoms with Crippen LogP contribution in [0.3, 0.4) is 0 Å². The summed E-state index contributed by atoms with van der Waals surface area (Å²) in [5.41, 5.74) is 1.97. The van der Waals surface area contributed by atoms with Gasteiger partial charge in [-0.2, -0.15) is 0 Å². The number of carbonyl (C=O) groups is 4. The van der Waals surface area contributed by atoms with E-state index in [4.69, 9.17) is 0 Å². The lowest BCUT2D eigenvalue weighted by Crippen LogP contribution is -2.50. The molecular weight excluding hydrogens is 342 g/mol. The van der Waals surface area contributed by atoms with Gasteiger partial charge in [0.1, 0.15) is 6.04 Å². The minimum absolute atomic E-state index is 0.286. The fourth-order valence-corrected chi connectivity index (χ4v) is 2.72. The number of benzene rings is 1. The molecule has 0 aromatic heterocycles. The fraction of sp³-hybridized carbons (Fsp3) is 0.444. The number of hydrogen-bond acceptors (Lipinski definition) is 6. The zero-order valence-electron chi connectivity index (χ0n) is 15.4. The third-order valence-corrected chi connectivity index (χ3v) is 4.00. The predicted molar refractivity (Wildman–Crippen MR) is 91.5 cm³/mol. The summed E-state index contributed by atoms with van der Waals surface area (Å²) in [5.74, 6) is -6.45. The first-order chi connectivity index (χ1) is 12.1. The van der Waals surface area contributed by atoms with Gasteiger partial charge in [0.2, 0.25) is 0 Å². The molecule has 8 nitrogen and oxygen atoms in total. The van der Waals surface area contributed by atoms with Gasteiger partial charge in [-0.05, 0) is 26.0 Å². The molecule has 0 radical (unpaired) electrons. The second-order valence-electron chi connectivity index (χ2n) is 6.05. The molecule has 1 rings (SSSR count). The molecule has 2 N–H and O–H groups in total. The van der Waals surface area contributed by atoms with Crippen molar-refractivity contribution in [1.82, 2.24) is 5.32 Å². The number of methoxy groups -OCH3 is 2. The largest absolute Gasteiger partial charge is 0.480 e. The highest BCUT2D eigenvalue weighted by molar-refractivity contribution is 5.99. The number of carbonyl (C=O) groups excluding carboxylic acids is 3. The highest BCUT2D eigenvalue weighted by atomic mass is 16.5. The van der Waals surface area contributed by atoms with E-state index in [9.17, 15) is 24.3 Å². The zero-order valence-corrected chi connectivity index (χ0v) is 15.4. The van der Waals surface area contributed by atoms with Crippen LogP contribution in [0.2, 0.25) is 0 Å². The van der Waals surface area contributed by atoms with Crippen LogP contribution in [0.5, 0.6) is 0 Å². The summed E-state index contributed by atoms with van der Waals surface area (Å²) in [7, 11) is 2.16. The molecule has 0 spiro atoms. The van der Waals surface area contributed by atoms with Gasteiger partial charge in [-0.15, -0.1) is 0 Å². The van der Waals surface area contributed by atoms with E-state index in [1.807, 2.05) is 19.9 Å². The van der Waals surface area contributed by atoms with Crippen LogP contribution in [0.4, 0.5) is 0 Å². The normalized spacial score (nSPS) is 12.8. The molecule has 0 bridgehead atoms. The van der Waals surface area contributed by atoms with Gasteiger partial charge < -0.3 is 19.9 Å². The van der Waals surface area contributed by atoms with Crippen molar-refractivity contribution in [3.8, 4) is 0 Å². The molecule has 1 amide bonds. The van der Waals surface area contributed by atoms with Crippen LogP contribution in [-0.2, 0) is 23.9 Å².